The molecule has 188 valence electrons. The Hall–Kier alpha value is -3.96. The molecule has 7 nitrogen and oxygen atoms in total. The molecule has 0 aliphatic rings. The molecule has 0 saturated carbocycles. The highest BCUT2D eigenvalue weighted by molar-refractivity contribution is 7.80. The molecule has 0 spiro atoms. The van der Waals surface area contributed by atoms with E-state index in [1.807, 2.05) is 0 Å². The number of ether oxygens (including phenoxy) is 2. The number of hydrogen-bond acceptors (Lipinski definition) is 5. The molecular formula is C25H22F3N3O4S. The van der Waals surface area contributed by atoms with Gasteiger partial charge in [-0.2, -0.15) is 13.2 Å². The van der Waals surface area contributed by atoms with Gasteiger partial charge in [-0.25, -0.2) is 0 Å². The van der Waals surface area contributed by atoms with Crippen LogP contribution in [-0.2, 0) is 10.9 Å². The van der Waals surface area contributed by atoms with Crippen LogP contribution in [0.4, 0.5) is 24.5 Å². The lowest BCUT2D eigenvalue weighted by Crippen LogP contribution is -2.34. The number of rotatable bonds is 8. The Bertz CT molecular complexity index is 1220. The lowest BCUT2D eigenvalue weighted by Gasteiger charge is -2.12. The van der Waals surface area contributed by atoms with Crippen LogP contribution < -0.4 is 20.7 Å². The third kappa shape index (κ3) is 7.79. The summed E-state index contributed by atoms with van der Waals surface area (Å²) in [5.74, 6) is -0.402. The van der Waals surface area contributed by atoms with E-state index in [2.05, 4.69) is 16.0 Å². The fraction of sp³-hybridized carbons (Fsp3) is 0.160. The number of anilines is 2. The minimum absolute atomic E-state index is 0.0236. The van der Waals surface area contributed by atoms with Gasteiger partial charge < -0.3 is 20.1 Å². The highest BCUT2D eigenvalue weighted by atomic mass is 32.1. The Morgan fingerprint density at radius 3 is 2.11 bits per heavy atom. The maximum absolute atomic E-state index is 12.9. The van der Waals surface area contributed by atoms with Gasteiger partial charge in [-0.3, -0.25) is 14.9 Å². The number of halogens is 3. The average Bonchev–Trinajstić information content (AvgIpc) is 2.84. The predicted molar refractivity (Wildman–Crippen MR) is 133 cm³/mol. The van der Waals surface area contributed by atoms with Gasteiger partial charge in [0.2, 0.25) is 0 Å². The van der Waals surface area contributed by atoms with E-state index in [1.165, 1.54) is 24.3 Å². The van der Waals surface area contributed by atoms with Gasteiger partial charge in [0.15, 0.2) is 5.11 Å². The second kappa shape index (κ2) is 12.1. The fourth-order valence-electron chi connectivity index (χ4n) is 2.96. The van der Waals surface area contributed by atoms with Crippen LogP contribution in [0.3, 0.4) is 0 Å². The van der Waals surface area contributed by atoms with E-state index >= 15 is 0 Å². The lowest BCUT2D eigenvalue weighted by atomic mass is 10.1. The Morgan fingerprint density at radius 2 is 1.47 bits per heavy atom. The third-order valence-electron chi connectivity index (χ3n) is 4.75. The molecule has 2 amide bonds. The molecule has 0 saturated heterocycles. The highest BCUT2D eigenvalue weighted by Crippen LogP contribution is 2.30. The van der Waals surface area contributed by atoms with Crippen LogP contribution in [0.25, 0.3) is 0 Å². The van der Waals surface area contributed by atoms with Crippen molar-refractivity contribution in [2.75, 3.05) is 31.0 Å². The van der Waals surface area contributed by atoms with Gasteiger partial charge in [0.1, 0.15) is 12.4 Å². The number of amides is 2. The summed E-state index contributed by atoms with van der Waals surface area (Å²) in [6.45, 7) is 0.839. The van der Waals surface area contributed by atoms with Crippen molar-refractivity contribution < 1.29 is 32.2 Å². The van der Waals surface area contributed by atoms with Crippen molar-refractivity contribution in [2.24, 2.45) is 0 Å². The molecule has 11 heteroatoms. The monoisotopic (exact) mass is 517 g/mol. The van der Waals surface area contributed by atoms with E-state index in [9.17, 15) is 22.8 Å². The minimum atomic E-state index is -4.51. The van der Waals surface area contributed by atoms with Crippen molar-refractivity contribution in [3.05, 3.63) is 89.5 Å². The average molecular weight is 518 g/mol. The Labute approximate surface area is 210 Å². The summed E-state index contributed by atoms with van der Waals surface area (Å²) in [4.78, 5) is 24.8. The first-order valence-corrected chi connectivity index (χ1v) is 11.0. The van der Waals surface area contributed by atoms with Crippen LogP contribution in [0.2, 0.25) is 0 Å². The maximum Gasteiger partial charge on any atom is 0.416 e. The van der Waals surface area contributed by atoms with Crippen LogP contribution in [-0.4, -0.2) is 37.3 Å². The van der Waals surface area contributed by atoms with Crippen molar-refractivity contribution in [3.63, 3.8) is 0 Å². The normalized spacial score (nSPS) is 10.9. The molecule has 0 fully saturated rings. The van der Waals surface area contributed by atoms with E-state index in [0.717, 1.165) is 12.1 Å². The molecule has 0 aliphatic carbocycles. The number of nitrogens with one attached hydrogen (secondary N) is 3. The van der Waals surface area contributed by atoms with E-state index < -0.39 is 23.6 Å². The summed E-state index contributed by atoms with van der Waals surface area (Å²) in [6.07, 6.45) is -4.51. The number of thiocarbonyl (C=S) groups is 1. The second-order valence-corrected chi connectivity index (χ2v) is 7.79. The molecule has 0 atom stereocenters. The van der Waals surface area contributed by atoms with Gasteiger partial charge in [0, 0.05) is 29.6 Å². The van der Waals surface area contributed by atoms with E-state index in [-0.39, 0.29) is 16.4 Å². The number of methoxy groups -OCH3 is 1. The molecular weight excluding hydrogens is 495 g/mol. The van der Waals surface area contributed by atoms with Crippen molar-refractivity contribution in [3.8, 4) is 5.75 Å². The smallest absolute Gasteiger partial charge is 0.416 e. The zero-order valence-electron chi connectivity index (χ0n) is 19.0. The summed E-state index contributed by atoms with van der Waals surface area (Å²) in [5, 5.41) is 7.86. The van der Waals surface area contributed by atoms with Gasteiger partial charge >= 0.3 is 6.18 Å². The quantitative estimate of drug-likeness (QED) is 0.284. The zero-order valence-corrected chi connectivity index (χ0v) is 19.8. The van der Waals surface area contributed by atoms with Gasteiger partial charge in [-0.15, -0.1) is 0 Å². The molecule has 3 aromatic rings. The summed E-state index contributed by atoms with van der Waals surface area (Å²) < 4.78 is 48.9. The van der Waals surface area contributed by atoms with Crippen LogP contribution in [0, 0.1) is 0 Å². The molecule has 3 rings (SSSR count). The van der Waals surface area contributed by atoms with E-state index in [4.69, 9.17) is 21.7 Å². The first-order valence-electron chi connectivity index (χ1n) is 10.6. The van der Waals surface area contributed by atoms with E-state index in [0.29, 0.717) is 30.2 Å². The summed E-state index contributed by atoms with van der Waals surface area (Å²) in [5.41, 5.74) is 0.260. The number of carbonyl (C=O) groups excluding carboxylic acids is 2. The summed E-state index contributed by atoms with van der Waals surface area (Å²) >= 11 is 5.17. The van der Waals surface area contributed by atoms with Gasteiger partial charge in [0.25, 0.3) is 11.8 Å². The highest BCUT2D eigenvalue weighted by Gasteiger charge is 2.30. The second-order valence-electron chi connectivity index (χ2n) is 7.38. The summed E-state index contributed by atoms with van der Waals surface area (Å²) in [6, 6.07) is 16.9. The number of alkyl halides is 3. The largest absolute Gasteiger partial charge is 0.491 e. The Balaban J connectivity index is 1.52. The lowest BCUT2D eigenvalue weighted by molar-refractivity contribution is -0.137. The number of carbonyl (C=O) groups is 2. The van der Waals surface area contributed by atoms with Crippen molar-refractivity contribution in [1.82, 2.24) is 5.32 Å². The van der Waals surface area contributed by atoms with Crippen molar-refractivity contribution in [1.29, 1.82) is 0 Å². The molecule has 3 N–H and O–H groups in total. The third-order valence-corrected chi connectivity index (χ3v) is 4.96. The van der Waals surface area contributed by atoms with Crippen molar-refractivity contribution in [2.45, 2.75) is 6.18 Å². The fourth-order valence-corrected chi connectivity index (χ4v) is 3.18. The van der Waals surface area contributed by atoms with Crippen molar-refractivity contribution >= 4 is 40.5 Å². The zero-order chi connectivity index (χ0) is 26.1. The van der Waals surface area contributed by atoms with Crippen LogP contribution in [0.5, 0.6) is 5.75 Å². The molecule has 0 unspecified atom stereocenters. The van der Waals surface area contributed by atoms with Crippen LogP contribution in [0.15, 0.2) is 72.8 Å². The minimum Gasteiger partial charge on any atom is -0.491 e. The molecule has 0 aromatic heterocycles. The first-order chi connectivity index (χ1) is 17.2. The SMILES string of the molecule is COCCOc1ccc(C(=O)NC(=S)Nc2ccc(C(=O)Nc3cccc(C(F)(F)F)c3)cc2)cc1. The van der Waals surface area contributed by atoms with Gasteiger partial charge in [0.05, 0.1) is 12.2 Å². The molecule has 0 heterocycles. The predicted octanol–water partition coefficient (Wildman–Crippen LogP) is 5.11. The maximum atomic E-state index is 12.9. The van der Waals surface area contributed by atoms with Gasteiger partial charge in [-0.05, 0) is 78.9 Å². The molecule has 0 bridgehead atoms. The molecule has 36 heavy (non-hydrogen) atoms. The molecule has 3 aromatic carbocycles. The number of hydrogen-bond donors (Lipinski definition) is 3. The Morgan fingerprint density at radius 1 is 0.833 bits per heavy atom. The standard InChI is InChI=1S/C25H22F3N3O4S/c1-34-13-14-35-21-11-7-17(8-12-21)23(33)31-24(36)30-19-9-5-16(6-10-19)22(32)29-20-4-2-3-18(15-20)25(26,27)28/h2-12,15H,13-14H2,1H3,(H,29,32)(H2,30,31,33,36). The topological polar surface area (TPSA) is 88.7 Å². The van der Waals surface area contributed by atoms with Gasteiger partial charge in [-0.1, -0.05) is 6.07 Å². The first kappa shape index (κ1) is 26.6. The summed E-state index contributed by atoms with van der Waals surface area (Å²) in [7, 11) is 1.57. The molecule has 0 aliphatic heterocycles. The Kier molecular flexibility index (Phi) is 8.98. The van der Waals surface area contributed by atoms with Crippen LogP contribution in [0.1, 0.15) is 26.3 Å². The molecule has 0 radical (unpaired) electrons. The van der Waals surface area contributed by atoms with Crippen LogP contribution >= 0.6 is 12.2 Å². The van der Waals surface area contributed by atoms with E-state index in [1.54, 1.807) is 43.5 Å². The number of benzene rings is 3.